The molecule has 7 nitrogen and oxygen atoms in total. The molecule has 6 rings (SSSR count). The van der Waals surface area contributed by atoms with Gasteiger partial charge in [0.2, 0.25) is 0 Å². The summed E-state index contributed by atoms with van der Waals surface area (Å²) in [6.45, 7) is 4.56. The number of nitrogens with zero attached hydrogens (tertiary/aromatic N) is 3. The normalized spacial score (nSPS) is 18.2. The first-order chi connectivity index (χ1) is 16.2. The average Bonchev–Trinajstić information content (AvgIpc) is 3.36. The second-order valence-electron chi connectivity index (χ2n) is 8.59. The van der Waals surface area contributed by atoms with E-state index in [4.69, 9.17) is 4.74 Å². The number of hydrogen-bond acceptors (Lipinski definition) is 5. The summed E-state index contributed by atoms with van der Waals surface area (Å²) in [5.41, 5.74) is 1.34. The SMILES string of the molecule is O=C(c1ccc2c(c1)Sc1ccccc1O2)N1CC(N2CCN(C(=O)c3ccc[nH]3)CC2)C1. The van der Waals surface area contributed by atoms with Gasteiger partial charge in [0.05, 0.1) is 9.79 Å². The number of aromatic nitrogens is 1. The number of rotatable bonds is 3. The first-order valence-electron chi connectivity index (χ1n) is 11.2. The maximum atomic E-state index is 13.1. The number of H-pyrrole nitrogens is 1. The van der Waals surface area contributed by atoms with E-state index in [0.29, 0.717) is 30.4 Å². The molecular weight excluding hydrogens is 436 g/mol. The molecule has 1 aromatic heterocycles. The van der Waals surface area contributed by atoms with Crippen molar-refractivity contribution in [2.45, 2.75) is 15.8 Å². The first-order valence-corrected chi connectivity index (χ1v) is 12.0. The van der Waals surface area contributed by atoms with E-state index in [1.54, 1.807) is 18.0 Å². The number of ether oxygens (including phenoxy) is 1. The Labute approximate surface area is 196 Å². The summed E-state index contributed by atoms with van der Waals surface area (Å²) in [6.07, 6.45) is 1.77. The Hall–Kier alpha value is -3.23. The number of hydrogen-bond donors (Lipinski definition) is 1. The molecular formula is C25H24N4O3S. The van der Waals surface area contributed by atoms with Crippen LogP contribution in [0.15, 0.2) is 70.6 Å². The van der Waals surface area contributed by atoms with Gasteiger partial charge in [0.1, 0.15) is 17.2 Å². The van der Waals surface area contributed by atoms with E-state index in [1.807, 2.05) is 64.4 Å². The smallest absolute Gasteiger partial charge is 0.270 e. The number of para-hydroxylation sites is 1. The average molecular weight is 461 g/mol. The number of amides is 2. The number of piperazine rings is 1. The second-order valence-corrected chi connectivity index (χ2v) is 9.67. The van der Waals surface area contributed by atoms with Crippen LogP contribution >= 0.6 is 11.8 Å². The maximum Gasteiger partial charge on any atom is 0.270 e. The summed E-state index contributed by atoms with van der Waals surface area (Å²) in [4.78, 5) is 36.8. The van der Waals surface area contributed by atoms with Gasteiger partial charge in [-0.25, -0.2) is 0 Å². The number of carbonyl (C=O) groups is 2. The standard InChI is InChI=1S/C25H24N4O3S/c30-24(17-7-8-21-23(14-17)33-22-6-2-1-5-20(22)32-21)29-15-18(16-29)27-10-12-28(13-11-27)25(31)19-4-3-9-26-19/h1-9,14,18,26H,10-13,15-16H2. The van der Waals surface area contributed by atoms with Crippen molar-refractivity contribution in [1.29, 1.82) is 0 Å². The number of benzene rings is 2. The molecule has 2 saturated heterocycles. The van der Waals surface area contributed by atoms with E-state index in [0.717, 1.165) is 47.5 Å². The molecule has 33 heavy (non-hydrogen) atoms. The number of aromatic amines is 1. The molecule has 0 atom stereocenters. The van der Waals surface area contributed by atoms with E-state index in [2.05, 4.69) is 9.88 Å². The largest absolute Gasteiger partial charge is 0.455 e. The summed E-state index contributed by atoms with van der Waals surface area (Å²) in [7, 11) is 0. The van der Waals surface area contributed by atoms with E-state index in [1.165, 1.54) is 0 Å². The molecule has 8 heteroatoms. The Kier molecular flexibility index (Phi) is 5.11. The van der Waals surface area contributed by atoms with Gasteiger partial charge in [-0.05, 0) is 42.5 Å². The van der Waals surface area contributed by atoms with Gasteiger partial charge in [-0.15, -0.1) is 0 Å². The molecule has 0 radical (unpaired) electrons. The molecule has 0 saturated carbocycles. The van der Waals surface area contributed by atoms with Crippen LogP contribution in [0.2, 0.25) is 0 Å². The maximum absolute atomic E-state index is 13.1. The van der Waals surface area contributed by atoms with Gasteiger partial charge < -0.3 is 19.5 Å². The van der Waals surface area contributed by atoms with Crippen LogP contribution in [0.4, 0.5) is 0 Å². The number of likely N-dealkylation sites (tertiary alicyclic amines) is 1. The molecule has 0 spiro atoms. The zero-order valence-electron chi connectivity index (χ0n) is 18.1. The fourth-order valence-corrected chi connectivity index (χ4v) is 5.61. The molecule has 2 fully saturated rings. The zero-order valence-corrected chi connectivity index (χ0v) is 18.9. The van der Waals surface area contributed by atoms with Crippen molar-refractivity contribution in [3.63, 3.8) is 0 Å². The van der Waals surface area contributed by atoms with Gasteiger partial charge in [0.15, 0.2) is 0 Å². The Morgan fingerprint density at radius 3 is 2.42 bits per heavy atom. The van der Waals surface area contributed by atoms with Gasteiger partial charge in [-0.3, -0.25) is 14.5 Å². The predicted molar refractivity (Wildman–Crippen MR) is 125 cm³/mol. The molecule has 3 aliphatic heterocycles. The summed E-state index contributed by atoms with van der Waals surface area (Å²) in [5, 5.41) is 0. The van der Waals surface area contributed by atoms with Crippen molar-refractivity contribution in [2.75, 3.05) is 39.3 Å². The molecule has 4 heterocycles. The lowest BCUT2D eigenvalue weighted by atomic mass is 10.0. The molecule has 1 N–H and O–H groups in total. The van der Waals surface area contributed by atoms with Crippen molar-refractivity contribution >= 4 is 23.6 Å². The highest BCUT2D eigenvalue weighted by Gasteiger charge is 2.37. The van der Waals surface area contributed by atoms with Crippen LogP contribution in [-0.4, -0.2) is 76.8 Å². The van der Waals surface area contributed by atoms with Crippen LogP contribution in [0.3, 0.4) is 0 Å². The third kappa shape index (κ3) is 3.79. The predicted octanol–water partition coefficient (Wildman–Crippen LogP) is 3.55. The fourth-order valence-electron chi connectivity index (χ4n) is 4.62. The highest BCUT2D eigenvalue weighted by Crippen LogP contribution is 2.47. The highest BCUT2D eigenvalue weighted by molar-refractivity contribution is 7.99. The van der Waals surface area contributed by atoms with E-state index < -0.39 is 0 Å². The second kappa shape index (κ2) is 8.28. The number of fused-ring (bicyclic) bond motifs is 2. The van der Waals surface area contributed by atoms with Gasteiger partial charge >= 0.3 is 0 Å². The molecule has 2 amide bonds. The molecule has 3 aromatic rings. The van der Waals surface area contributed by atoms with Crippen molar-refractivity contribution in [1.82, 2.24) is 19.7 Å². The highest BCUT2D eigenvalue weighted by atomic mass is 32.2. The van der Waals surface area contributed by atoms with E-state index in [9.17, 15) is 9.59 Å². The third-order valence-electron chi connectivity index (χ3n) is 6.58. The minimum absolute atomic E-state index is 0.0574. The van der Waals surface area contributed by atoms with Gasteiger partial charge in [-0.1, -0.05) is 23.9 Å². The third-order valence-corrected chi connectivity index (χ3v) is 7.67. The first kappa shape index (κ1) is 20.4. The van der Waals surface area contributed by atoms with E-state index >= 15 is 0 Å². The van der Waals surface area contributed by atoms with Crippen LogP contribution < -0.4 is 4.74 Å². The monoisotopic (exact) mass is 460 g/mol. The number of carbonyl (C=O) groups excluding carboxylic acids is 2. The molecule has 3 aliphatic rings. The Bertz CT molecular complexity index is 1200. The Morgan fingerprint density at radius 2 is 1.64 bits per heavy atom. The summed E-state index contributed by atoms with van der Waals surface area (Å²) < 4.78 is 5.98. The lowest BCUT2D eigenvalue weighted by molar-refractivity contribution is 0.00842. The van der Waals surface area contributed by atoms with Crippen LogP contribution in [0.25, 0.3) is 0 Å². The lowest BCUT2D eigenvalue weighted by Crippen LogP contribution is -2.64. The molecule has 0 aliphatic carbocycles. The van der Waals surface area contributed by atoms with Crippen LogP contribution in [0.5, 0.6) is 11.5 Å². The quantitative estimate of drug-likeness (QED) is 0.506. The molecule has 0 unspecified atom stereocenters. The fraction of sp³-hybridized carbons (Fsp3) is 0.280. The minimum Gasteiger partial charge on any atom is -0.455 e. The van der Waals surface area contributed by atoms with Crippen molar-refractivity contribution < 1.29 is 14.3 Å². The van der Waals surface area contributed by atoms with Crippen LogP contribution in [-0.2, 0) is 0 Å². The Balaban J connectivity index is 1.04. The van der Waals surface area contributed by atoms with Crippen molar-refractivity contribution in [2.24, 2.45) is 0 Å². The van der Waals surface area contributed by atoms with Crippen LogP contribution in [0, 0.1) is 0 Å². The van der Waals surface area contributed by atoms with E-state index in [-0.39, 0.29) is 11.8 Å². The van der Waals surface area contributed by atoms with Crippen molar-refractivity contribution in [3.05, 3.63) is 72.1 Å². The number of nitrogens with one attached hydrogen (secondary N) is 1. The molecule has 0 bridgehead atoms. The molecule has 168 valence electrons. The lowest BCUT2D eigenvalue weighted by Gasteiger charge is -2.48. The zero-order chi connectivity index (χ0) is 22.4. The summed E-state index contributed by atoms with van der Waals surface area (Å²) in [6, 6.07) is 17.6. The molecule has 2 aromatic carbocycles. The summed E-state index contributed by atoms with van der Waals surface area (Å²) in [5.74, 6) is 1.77. The minimum atomic E-state index is 0.0574. The Morgan fingerprint density at radius 1 is 0.848 bits per heavy atom. The summed E-state index contributed by atoms with van der Waals surface area (Å²) >= 11 is 1.64. The van der Waals surface area contributed by atoms with Crippen molar-refractivity contribution in [3.8, 4) is 11.5 Å². The van der Waals surface area contributed by atoms with Gasteiger partial charge in [0.25, 0.3) is 11.8 Å². The topological polar surface area (TPSA) is 68.9 Å². The van der Waals surface area contributed by atoms with Gasteiger partial charge in [0, 0.05) is 57.1 Å². The van der Waals surface area contributed by atoms with Crippen LogP contribution in [0.1, 0.15) is 20.8 Å². The van der Waals surface area contributed by atoms with Gasteiger partial charge in [-0.2, -0.15) is 0 Å².